The van der Waals surface area contributed by atoms with Crippen LogP contribution in [-0.2, 0) is 11.3 Å². The number of benzene rings is 1. The Morgan fingerprint density at radius 1 is 1.53 bits per heavy atom. The minimum absolute atomic E-state index is 0.0754. The molecule has 1 aromatic heterocycles. The van der Waals surface area contributed by atoms with Crippen LogP contribution in [0.3, 0.4) is 0 Å². The Morgan fingerprint density at radius 3 is 3.00 bits per heavy atom. The molecule has 1 amide bonds. The average molecular weight is 203 g/mol. The van der Waals surface area contributed by atoms with E-state index in [1.807, 2.05) is 36.0 Å². The number of fused-ring (bicyclic) bond motifs is 1. The summed E-state index contributed by atoms with van der Waals surface area (Å²) in [5, 5.41) is 8.20. The number of amides is 1. The van der Waals surface area contributed by atoms with Crippen molar-refractivity contribution < 1.29 is 4.79 Å². The number of anilines is 1. The van der Waals surface area contributed by atoms with Crippen molar-refractivity contribution in [2.75, 3.05) is 5.32 Å². The molecular formula is C11H13N3O. The zero-order valence-electron chi connectivity index (χ0n) is 8.82. The van der Waals surface area contributed by atoms with Gasteiger partial charge >= 0.3 is 0 Å². The number of carbonyl (C=O) groups is 1. The Hall–Kier alpha value is -1.84. The van der Waals surface area contributed by atoms with Crippen LogP contribution < -0.4 is 5.32 Å². The average Bonchev–Trinajstić information content (AvgIpc) is 2.61. The minimum atomic E-state index is -0.0754. The van der Waals surface area contributed by atoms with E-state index in [9.17, 15) is 4.79 Å². The molecule has 4 nitrogen and oxygen atoms in total. The predicted molar refractivity (Wildman–Crippen MR) is 59.7 cm³/mol. The first kappa shape index (κ1) is 9.71. The molecule has 2 aromatic rings. The second kappa shape index (κ2) is 3.73. The van der Waals surface area contributed by atoms with E-state index in [2.05, 4.69) is 10.4 Å². The summed E-state index contributed by atoms with van der Waals surface area (Å²) in [5.41, 5.74) is 1.61. The Labute approximate surface area is 87.9 Å². The van der Waals surface area contributed by atoms with Crippen LogP contribution in [0.2, 0.25) is 0 Å². The van der Waals surface area contributed by atoms with Crippen LogP contribution in [0.5, 0.6) is 0 Å². The molecule has 15 heavy (non-hydrogen) atoms. The summed E-state index contributed by atoms with van der Waals surface area (Å²) in [5.74, 6) is -0.0754. The molecule has 0 radical (unpaired) electrons. The van der Waals surface area contributed by atoms with Crippen LogP contribution in [0.15, 0.2) is 24.4 Å². The van der Waals surface area contributed by atoms with Crippen LogP contribution in [0.1, 0.15) is 13.8 Å². The quantitative estimate of drug-likeness (QED) is 0.811. The highest BCUT2D eigenvalue weighted by Gasteiger charge is 2.05. The number of hydrogen-bond donors (Lipinski definition) is 1. The molecule has 0 aliphatic heterocycles. The van der Waals surface area contributed by atoms with Crippen molar-refractivity contribution in [1.29, 1.82) is 0 Å². The lowest BCUT2D eigenvalue weighted by atomic mass is 10.2. The second-order valence-electron chi connectivity index (χ2n) is 3.41. The van der Waals surface area contributed by atoms with Gasteiger partial charge in [0.05, 0.1) is 5.69 Å². The number of aromatic nitrogens is 2. The van der Waals surface area contributed by atoms with E-state index < -0.39 is 0 Å². The molecular weight excluding hydrogens is 190 g/mol. The van der Waals surface area contributed by atoms with Gasteiger partial charge in [-0.2, -0.15) is 5.10 Å². The lowest BCUT2D eigenvalue weighted by Crippen LogP contribution is -2.06. The summed E-state index contributed by atoms with van der Waals surface area (Å²) in [6.07, 6.45) is 1.97. The van der Waals surface area contributed by atoms with E-state index in [-0.39, 0.29) is 5.91 Å². The molecule has 1 N–H and O–H groups in total. The summed E-state index contributed by atoms with van der Waals surface area (Å²) < 4.78 is 1.86. The Bertz CT molecular complexity index is 502. The van der Waals surface area contributed by atoms with E-state index >= 15 is 0 Å². The summed E-state index contributed by atoms with van der Waals surface area (Å²) in [7, 11) is 0. The maximum absolute atomic E-state index is 11.0. The zero-order valence-corrected chi connectivity index (χ0v) is 8.82. The maximum atomic E-state index is 11.0. The van der Waals surface area contributed by atoms with Gasteiger partial charge in [0.25, 0.3) is 0 Å². The van der Waals surface area contributed by atoms with Gasteiger partial charge in [-0.1, -0.05) is 12.1 Å². The lowest BCUT2D eigenvalue weighted by Gasteiger charge is -2.01. The summed E-state index contributed by atoms with van der Waals surface area (Å²) >= 11 is 0. The van der Waals surface area contributed by atoms with E-state index in [0.717, 1.165) is 23.1 Å². The number of aryl methyl sites for hydroxylation is 1. The molecule has 0 spiro atoms. The van der Waals surface area contributed by atoms with Crippen molar-refractivity contribution in [3.05, 3.63) is 24.4 Å². The molecule has 0 aliphatic rings. The molecule has 0 unspecified atom stereocenters. The van der Waals surface area contributed by atoms with Gasteiger partial charge < -0.3 is 5.32 Å². The molecule has 1 heterocycles. The van der Waals surface area contributed by atoms with Crippen LogP contribution >= 0.6 is 0 Å². The number of hydrogen-bond acceptors (Lipinski definition) is 2. The first-order valence-corrected chi connectivity index (χ1v) is 4.94. The van der Waals surface area contributed by atoms with Crippen molar-refractivity contribution in [2.45, 2.75) is 20.4 Å². The fourth-order valence-electron chi connectivity index (χ4n) is 1.55. The topological polar surface area (TPSA) is 46.9 Å². The Kier molecular flexibility index (Phi) is 2.41. The van der Waals surface area contributed by atoms with Crippen molar-refractivity contribution in [3.8, 4) is 0 Å². The van der Waals surface area contributed by atoms with Crippen molar-refractivity contribution in [1.82, 2.24) is 9.78 Å². The summed E-state index contributed by atoms with van der Waals surface area (Å²) in [4.78, 5) is 11.0. The Morgan fingerprint density at radius 2 is 2.33 bits per heavy atom. The molecule has 78 valence electrons. The number of nitrogens with zero attached hydrogens (tertiary/aromatic N) is 2. The van der Waals surface area contributed by atoms with Gasteiger partial charge in [0, 0.05) is 25.1 Å². The second-order valence-corrected chi connectivity index (χ2v) is 3.41. The van der Waals surface area contributed by atoms with Crippen molar-refractivity contribution >= 4 is 22.5 Å². The van der Waals surface area contributed by atoms with Gasteiger partial charge in [-0.25, -0.2) is 0 Å². The zero-order chi connectivity index (χ0) is 10.8. The molecule has 4 heteroatoms. The number of rotatable bonds is 2. The first-order valence-electron chi connectivity index (χ1n) is 4.94. The van der Waals surface area contributed by atoms with E-state index in [0.29, 0.717) is 0 Å². The van der Waals surface area contributed by atoms with Gasteiger partial charge in [0.2, 0.25) is 5.91 Å². The highest BCUT2D eigenvalue weighted by Crippen LogP contribution is 2.21. The van der Waals surface area contributed by atoms with Crippen molar-refractivity contribution in [2.24, 2.45) is 0 Å². The molecule has 0 aliphatic carbocycles. The van der Waals surface area contributed by atoms with Gasteiger partial charge in [0.15, 0.2) is 0 Å². The first-order chi connectivity index (χ1) is 7.20. The smallest absolute Gasteiger partial charge is 0.221 e. The van der Waals surface area contributed by atoms with Crippen LogP contribution in [0.4, 0.5) is 5.69 Å². The predicted octanol–water partition coefficient (Wildman–Crippen LogP) is 2.01. The third kappa shape index (κ3) is 1.83. The van der Waals surface area contributed by atoms with Gasteiger partial charge in [0.1, 0.15) is 5.52 Å². The maximum Gasteiger partial charge on any atom is 0.221 e. The highest BCUT2D eigenvalue weighted by molar-refractivity contribution is 5.99. The largest absolute Gasteiger partial charge is 0.324 e. The lowest BCUT2D eigenvalue weighted by molar-refractivity contribution is -0.114. The van der Waals surface area contributed by atoms with Crippen LogP contribution in [0, 0.1) is 0 Å². The van der Waals surface area contributed by atoms with Gasteiger partial charge in [-0.05, 0) is 13.0 Å². The van der Waals surface area contributed by atoms with E-state index in [1.54, 1.807) is 0 Å². The number of carbonyl (C=O) groups excluding carboxylic acids is 1. The summed E-state index contributed by atoms with van der Waals surface area (Å²) in [6, 6.07) is 5.76. The Balaban J connectivity index is 2.54. The van der Waals surface area contributed by atoms with Crippen LogP contribution in [-0.4, -0.2) is 15.7 Å². The molecule has 0 bridgehead atoms. The SMILES string of the molecule is CCn1cc2cccc(NC(C)=O)c2n1. The normalized spacial score (nSPS) is 10.5. The van der Waals surface area contributed by atoms with Gasteiger partial charge in [-0.15, -0.1) is 0 Å². The third-order valence-corrected chi connectivity index (χ3v) is 2.22. The third-order valence-electron chi connectivity index (χ3n) is 2.22. The molecule has 2 rings (SSSR count). The van der Waals surface area contributed by atoms with E-state index in [4.69, 9.17) is 0 Å². The molecule has 1 aromatic carbocycles. The highest BCUT2D eigenvalue weighted by atomic mass is 16.1. The monoisotopic (exact) mass is 203 g/mol. The van der Waals surface area contributed by atoms with Crippen molar-refractivity contribution in [3.63, 3.8) is 0 Å². The molecule has 0 saturated carbocycles. The fourth-order valence-corrected chi connectivity index (χ4v) is 1.55. The molecule has 0 saturated heterocycles. The fraction of sp³-hybridized carbons (Fsp3) is 0.273. The molecule has 0 fully saturated rings. The van der Waals surface area contributed by atoms with Gasteiger partial charge in [-0.3, -0.25) is 9.48 Å². The minimum Gasteiger partial charge on any atom is -0.324 e. The number of nitrogens with one attached hydrogen (secondary N) is 1. The standard InChI is InChI=1S/C11H13N3O/c1-3-14-7-9-5-4-6-10(11(9)13-14)12-8(2)15/h4-7H,3H2,1-2H3,(H,12,15). The molecule has 0 atom stereocenters. The van der Waals surface area contributed by atoms with E-state index in [1.165, 1.54) is 6.92 Å². The van der Waals surface area contributed by atoms with Crippen LogP contribution in [0.25, 0.3) is 10.9 Å². The summed E-state index contributed by atoms with van der Waals surface area (Å²) in [6.45, 7) is 4.35.